The number of ether oxygens (including phenoxy) is 3. The summed E-state index contributed by atoms with van der Waals surface area (Å²) in [6, 6.07) is 34.1. The molecule has 7 N–H and O–H groups in total. The highest BCUT2D eigenvalue weighted by Gasteiger charge is 2.32. The molecule has 2 fully saturated rings. The monoisotopic (exact) mass is 1520 g/mol. The van der Waals surface area contributed by atoms with E-state index in [0.29, 0.717) is 67.6 Å². The fraction of sp³-hybridized carbons (Fsp3) is 0.246. The fourth-order valence-corrected chi connectivity index (χ4v) is 10.8. The Labute approximate surface area is 606 Å². The van der Waals surface area contributed by atoms with Gasteiger partial charge in [0.15, 0.2) is 0 Å². The van der Waals surface area contributed by atoms with E-state index in [1.165, 1.54) is 37.3 Å². The third-order valence-electron chi connectivity index (χ3n) is 14.8. The number of carbonyl (C=O) groups is 4. The molecule has 101 heavy (non-hydrogen) atoms. The number of alkyl halides is 5. The van der Waals surface area contributed by atoms with E-state index in [0.717, 1.165) is 112 Å². The van der Waals surface area contributed by atoms with Crippen molar-refractivity contribution in [1.82, 2.24) is 10.2 Å². The topological polar surface area (TPSA) is 286 Å². The Balaban J connectivity index is 0.000000211. The number of hydrogen-bond donors (Lipinski definition) is 7. The van der Waals surface area contributed by atoms with E-state index in [9.17, 15) is 71.6 Å². The number of amides is 4. The number of phenolic OH excluding ortho intramolecular Hbond substituents is 2. The van der Waals surface area contributed by atoms with E-state index in [4.69, 9.17) is 72.2 Å². The second-order valence-electron chi connectivity index (χ2n) is 22.5. The van der Waals surface area contributed by atoms with Crippen molar-refractivity contribution in [2.45, 2.75) is 58.7 Å². The van der Waals surface area contributed by atoms with Gasteiger partial charge in [0.1, 0.15) is 24.2 Å². The Kier molecular flexibility index (Phi) is 29.6. The average Bonchev–Trinajstić information content (AvgIpc) is 0.832. The van der Waals surface area contributed by atoms with Gasteiger partial charge in [-0.15, -0.1) is 12.4 Å². The molecule has 0 atom stereocenters. The molecule has 0 bridgehead atoms. The molecule has 0 aromatic heterocycles. The van der Waals surface area contributed by atoms with Gasteiger partial charge in [0, 0.05) is 60.0 Å². The molecule has 2 aliphatic rings. The number of halogens is 11. The Morgan fingerprint density at radius 2 is 1.03 bits per heavy atom. The van der Waals surface area contributed by atoms with Crippen LogP contribution < -0.4 is 36.1 Å². The second-order valence-corrected chi connectivity index (χ2v) is 24.6. The van der Waals surface area contributed by atoms with Gasteiger partial charge in [-0.1, -0.05) is 88.3 Å². The minimum atomic E-state index is -4.58. The average molecular weight is 1520 g/mol. The van der Waals surface area contributed by atoms with Crippen molar-refractivity contribution in [3.63, 3.8) is 0 Å². The Bertz CT molecular complexity index is 4320. The Hall–Kier alpha value is -9.09. The largest absolute Gasteiger partial charge is 0.502 e. The molecule has 4 amide bonds. The molecule has 0 radical (unpaired) electrons. The van der Waals surface area contributed by atoms with Crippen molar-refractivity contribution in [3.8, 4) is 23.0 Å². The number of hydrogen-bond acceptors (Lipinski definition) is 15. The molecule has 0 unspecified atom stereocenters. The van der Waals surface area contributed by atoms with Crippen molar-refractivity contribution < 1.29 is 75.4 Å². The van der Waals surface area contributed by atoms with Gasteiger partial charge in [-0.2, -0.15) is 13.2 Å². The quantitative estimate of drug-likeness (QED) is 0.0253. The molecule has 0 spiro atoms. The summed E-state index contributed by atoms with van der Waals surface area (Å²) < 4.78 is 82.1. The predicted molar refractivity (Wildman–Crippen MR) is 380 cm³/mol. The number of anilines is 4. The minimum Gasteiger partial charge on any atom is -0.502 e. The van der Waals surface area contributed by atoms with Crippen molar-refractivity contribution in [2.24, 2.45) is 0 Å². The normalized spacial score (nSPS) is 13.0. The first kappa shape index (κ1) is 80.9. The second kappa shape index (κ2) is 37.0. The third-order valence-corrected chi connectivity index (χ3v) is 16.2. The van der Waals surface area contributed by atoms with E-state index in [1.54, 1.807) is 54.6 Å². The van der Waals surface area contributed by atoms with E-state index < -0.39 is 67.8 Å². The number of para-hydroxylation sites is 2. The highest BCUT2D eigenvalue weighted by atomic mass is 35.5. The van der Waals surface area contributed by atoms with Crippen LogP contribution >= 0.6 is 70.4 Å². The van der Waals surface area contributed by atoms with Gasteiger partial charge < -0.3 is 51.0 Å². The maximum absolute atomic E-state index is 13.2. The van der Waals surface area contributed by atoms with E-state index in [2.05, 4.69) is 31.5 Å². The molecule has 2 saturated heterocycles. The van der Waals surface area contributed by atoms with Gasteiger partial charge >= 0.3 is 17.6 Å². The zero-order valence-corrected chi connectivity index (χ0v) is 58.5. The van der Waals surface area contributed by atoms with Gasteiger partial charge in [-0.05, 0) is 167 Å². The number of piperidine rings is 1. The molecule has 8 aromatic rings. The smallest absolute Gasteiger partial charge is 0.416 e. The number of aryl methyl sites for hydroxylation is 3. The Morgan fingerprint density at radius 3 is 1.50 bits per heavy atom. The number of nitro benzene ring substituents is 2. The van der Waals surface area contributed by atoms with Gasteiger partial charge in [0.05, 0.1) is 83.0 Å². The predicted octanol–water partition coefficient (Wildman–Crippen LogP) is 17.6. The lowest BCUT2D eigenvalue weighted by Crippen LogP contribution is -2.38. The highest BCUT2D eigenvalue weighted by molar-refractivity contribution is 6.35. The number of aromatic hydroxyl groups is 2. The molecule has 2 heterocycles. The molecule has 8 aromatic carbocycles. The minimum absolute atomic E-state index is 0. The van der Waals surface area contributed by atoms with Crippen LogP contribution in [0.25, 0.3) is 0 Å². The molecule has 0 saturated carbocycles. The summed E-state index contributed by atoms with van der Waals surface area (Å²) in [5.74, 6) is -6.15. The van der Waals surface area contributed by atoms with Crippen LogP contribution in [0, 0.1) is 41.0 Å². The molecular formula is C69H65Cl6F5N8O13. The molecule has 2 aliphatic heterocycles. The van der Waals surface area contributed by atoms with Crippen LogP contribution in [0.4, 0.5) is 56.1 Å². The van der Waals surface area contributed by atoms with Crippen LogP contribution in [0.1, 0.15) is 89.0 Å². The summed E-state index contributed by atoms with van der Waals surface area (Å²) in [5, 5.41) is 56.3. The lowest BCUT2D eigenvalue weighted by molar-refractivity contribution is -0.386. The number of nitrogens with one attached hydrogen (secondary N) is 5. The first-order valence-electron chi connectivity index (χ1n) is 30.2. The van der Waals surface area contributed by atoms with E-state index >= 15 is 0 Å². The van der Waals surface area contributed by atoms with Crippen LogP contribution in [0.3, 0.4) is 0 Å². The maximum Gasteiger partial charge on any atom is 0.416 e. The number of morpholine rings is 1. The summed E-state index contributed by atoms with van der Waals surface area (Å²) in [4.78, 5) is 71.8. The molecule has 536 valence electrons. The van der Waals surface area contributed by atoms with Gasteiger partial charge in [-0.25, -0.2) is 8.78 Å². The summed E-state index contributed by atoms with van der Waals surface area (Å²) in [7, 11) is 0. The van der Waals surface area contributed by atoms with Gasteiger partial charge in [0.25, 0.3) is 29.6 Å². The third kappa shape index (κ3) is 23.8. The summed E-state index contributed by atoms with van der Waals surface area (Å²) in [6.07, 6.45) is -2.67. The van der Waals surface area contributed by atoms with Gasteiger partial charge in [-0.3, -0.25) is 44.3 Å². The number of phenols is 2. The molecule has 32 heteroatoms. The maximum atomic E-state index is 13.2. The van der Waals surface area contributed by atoms with Crippen LogP contribution in [0.15, 0.2) is 146 Å². The zero-order valence-electron chi connectivity index (χ0n) is 53.9. The van der Waals surface area contributed by atoms with Crippen molar-refractivity contribution in [1.29, 1.82) is 0 Å². The van der Waals surface area contributed by atoms with Crippen LogP contribution in [-0.2, 0) is 16.8 Å². The van der Waals surface area contributed by atoms with Crippen molar-refractivity contribution >= 4 is 128 Å². The molecule has 0 aliphatic carbocycles. The SMILES string of the molecule is CC(F)(F)c1ccc(NC(=O)c2cccc([N+](=O)[O-])c2O)c(Cl)c1.Cc1cc(NC(=O)c2cccc([N+](=O)[O-])c2O)cc(C(F)(F)F)c1.Cc1ccc(NC(=O)c2cc(Cl)ccc2OC2CCNCC2)c(Cl)c1.Cc1ccc(NC(=O)c2cc(Cl)ccc2OCCN2CCOCC2)c(Cl)c1.Cl. The van der Waals surface area contributed by atoms with Gasteiger partial charge in [0.2, 0.25) is 11.5 Å². The summed E-state index contributed by atoms with van der Waals surface area (Å²) in [6.45, 7) is 12.4. The summed E-state index contributed by atoms with van der Waals surface area (Å²) in [5.41, 5.74) is 0.753. The first-order valence-corrected chi connectivity index (χ1v) is 32.1. The highest BCUT2D eigenvalue weighted by Crippen LogP contribution is 2.37. The lowest BCUT2D eigenvalue weighted by Gasteiger charge is -2.26. The molecular weight excluding hydrogens is 1460 g/mol. The van der Waals surface area contributed by atoms with Crippen LogP contribution in [-0.4, -0.2) is 107 Å². The number of nitrogens with zero attached hydrogens (tertiary/aromatic N) is 3. The first-order chi connectivity index (χ1) is 47.2. The fourth-order valence-electron chi connectivity index (χ4n) is 9.63. The number of nitro groups is 2. The lowest BCUT2D eigenvalue weighted by atomic mass is 10.1. The standard InChI is InChI=1S/C20H22Cl2N2O3.C19H20Cl2N2O2.C15H11ClF2N2O4.C15H11F3N2O4.ClH/c1-14-2-4-18(17(22)12-14)23-20(25)16-13-15(21)3-5-19(16)27-11-8-24-6-9-26-10-7-24;1-12-2-4-17(16(21)10-12)23-19(24)15-11-13(20)3-5-18(15)25-14-6-8-22-9-7-14;1-15(17,18)8-5-6-11(10(16)7-8)19-14(22)9-3-2-4-12(13(9)21)20(23)24;1-8-5-9(15(16,17)18)7-10(6-8)19-14(22)11-3-2-4-12(13(11)21)20(23)24;/h2-5,12-13H,6-11H2,1H3,(H,23,25);2-5,10-11,14,22H,6-9H2,1H3,(H,23,24);2*2-7,21H,1H3,(H,19,22);1H. The zero-order chi connectivity index (χ0) is 73.2. The van der Waals surface area contributed by atoms with E-state index in [-0.39, 0.29) is 63.4 Å². The van der Waals surface area contributed by atoms with Crippen LogP contribution in [0.2, 0.25) is 25.1 Å². The molecule has 10 rings (SSSR count). The Morgan fingerprint density at radius 1 is 0.574 bits per heavy atom. The number of carbonyl (C=O) groups excluding carboxylic acids is 4. The van der Waals surface area contributed by atoms with Crippen LogP contribution in [0.5, 0.6) is 23.0 Å². The van der Waals surface area contributed by atoms with Crippen molar-refractivity contribution in [2.75, 3.05) is 73.8 Å². The van der Waals surface area contributed by atoms with E-state index in [1.807, 2.05) is 32.0 Å². The molecule has 21 nitrogen and oxygen atoms in total. The summed E-state index contributed by atoms with van der Waals surface area (Å²) >= 11 is 30.5. The number of rotatable bonds is 17. The number of benzene rings is 8. The van der Waals surface area contributed by atoms with Crippen molar-refractivity contribution in [3.05, 3.63) is 241 Å².